The van der Waals surface area contributed by atoms with Gasteiger partial charge < -0.3 is 0 Å². The van der Waals surface area contributed by atoms with Crippen LogP contribution in [0.5, 0.6) is 0 Å². The molecule has 0 rings (SSSR count). The molecule has 1 heteroatoms. The fourth-order valence-electron chi connectivity index (χ4n) is 0. The third-order valence-corrected chi connectivity index (χ3v) is 3.10. The summed E-state index contributed by atoms with van der Waals surface area (Å²) < 4.78 is 0. The van der Waals surface area contributed by atoms with Crippen molar-refractivity contribution in [2.45, 2.75) is 19.5 Å². The van der Waals surface area contributed by atoms with E-state index >= 15 is 0 Å². The highest BCUT2D eigenvalue weighted by Crippen LogP contribution is 2.30. The molecule has 0 heterocycles. The summed E-state index contributed by atoms with van der Waals surface area (Å²) in [5, 5.41) is 0. The number of hydrogen-bond donors (Lipinski definition) is 0. The van der Waals surface area contributed by atoms with E-state index in [1.807, 2.05) is 0 Å². The van der Waals surface area contributed by atoms with Crippen molar-refractivity contribution in [3.63, 3.8) is 0 Å². The summed E-state index contributed by atoms with van der Waals surface area (Å²) in [4.78, 5) is 0. The number of hydrogen-bond acceptors (Lipinski definition) is 0. The minimum absolute atomic E-state index is 0.341. The van der Waals surface area contributed by atoms with Gasteiger partial charge in [-0.05, 0) is 19.0 Å². The summed E-state index contributed by atoms with van der Waals surface area (Å²) >= 11 is 0. The first-order chi connectivity index (χ1) is 2.64. The van der Waals surface area contributed by atoms with Crippen LogP contribution in [0.4, 0.5) is 0 Å². The molecule has 0 aromatic heterocycles. The van der Waals surface area contributed by atoms with E-state index in [1.54, 1.807) is 0 Å². The fraction of sp³-hybridized carbons (Fsp3) is 1.00. The summed E-state index contributed by atoms with van der Waals surface area (Å²) in [7, 11) is 0.341. The smallest absolute Gasteiger partial charge is 0.0271 e. The van der Waals surface area contributed by atoms with Crippen molar-refractivity contribution in [3.8, 4) is 0 Å². The van der Waals surface area contributed by atoms with Crippen LogP contribution < -0.4 is 0 Å². The van der Waals surface area contributed by atoms with Crippen LogP contribution in [0.25, 0.3) is 0 Å². The summed E-state index contributed by atoms with van der Waals surface area (Å²) in [5.41, 5.74) is 0.917. The minimum atomic E-state index is 0.341. The Morgan fingerprint density at radius 1 is 1.17 bits per heavy atom. The van der Waals surface area contributed by atoms with Gasteiger partial charge in [-0.2, -0.15) is 0 Å². The van der Waals surface area contributed by atoms with Gasteiger partial charge in [-0.1, -0.05) is 13.8 Å². The van der Waals surface area contributed by atoms with Crippen molar-refractivity contribution in [2.75, 3.05) is 13.3 Å². The Kier molecular flexibility index (Phi) is 2.76. The van der Waals surface area contributed by atoms with Gasteiger partial charge in [-0.3, -0.25) is 0 Å². The first-order valence-corrected chi connectivity index (χ1v) is 4.61. The Morgan fingerprint density at radius 3 is 1.33 bits per heavy atom. The highest BCUT2D eigenvalue weighted by molar-refractivity contribution is 7.56. The molecule has 6 heavy (non-hydrogen) atoms. The third-order valence-electron chi connectivity index (χ3n) is 1.03. The van der Waals surface area contributed by atoms with Crippen LogP contribution in [0.15, 0.2) is 0 Å². The van der Waals surface area contributed by atoms with E-state index in [1.165, 1.54) is 0 Å². The van der Waals surface area contributed by atoms with Gasteiger partial charge in [0.15, 0.2) is 0 Å². The second kappa shape index (κ2) is 2.58. The normalized spacial score (nSPS) is 11.0. The lowest BCUT2D eigenvalue weighted by atomic mass is 10.6. The lowest BCUT2D eigenvalue weighted by Crippen LogP contribution is -1.86. The van der Waals surface area contributed by atoms with Gasteiger partial charge in [0.2, 0.25) is 0 Å². The van der Waals surface area contributed by atoms with Crippen LogP contribution in [-0.2, 0) is 0 Å². The molecule has 0 N–H and O–H groups in total. The molecule has 0 aromatic rings. The fourth-order valence-corrected chi connectivity index (χ4v) is 0. The molecule has 0 amide bonds. The Hall–Kier alpha value is 0.430. The molecule has 0 aliphatic carbocycles. The zero-order chi connectivity index (χ0) is 5.15. The molecule has 0 spiro atoms. The highest BCUT2D eigenvalue weighted by atomic mass is 31.1. The van der Waals surface area contributed by atoms with Crippen molar-refractivity contribution >= 4 is 7.92 Å². The van der Waals surface area contributed by atoms with E-state index in [-0.39, 0.29) is 0 Å². The largest absolute Gasteiger partial charge is 0.110 e. The molecule has 0 aliphatic heterocycles. The monoisotopic (exact) mass is 104 g/mol. The summed E-state index contributed by atoms with van der Waals surface area (Å²) in [6.07, 6.45) is 0. The SMILES string of the molecule is CC(C)P(C)C. The van der Waals surface area contributed by atoms with Crippen molar-refractivity contribution in [1.82, 2.24) is 0 Å². The van der Waals surface area contributed by atoms with E-state index < -0.39 is 0 Å². The van der Waals surface area contributed by atoms with Crippen molar-refractivity contribution in [3.05, 3.63) is 0 Å². The average Bonchev–Trinajstić information content (AvgIpc) is 1.36. The van der Waals surface area contributed by atoms with Crippen LogP contribution in [0.1, 0.15) is 13.8 Å². The lowest BCUT2D eigenvalue weighted by molar-refractivity contribution is 1.10. The maximum atomic E-state index is 2.31. The summed E-state index contributed by atoms with van der Waals surface area (Å²) in [6, 6.07) is 0. The first kappa shape index (κ1) is 6.43. The van der Waals surface area contributed by atoms with Crippen LogP contribution in [0, 0.1) is 0 Å². The maximum absolute atomic E-state index is 2.31. The van der Waals surface area contributed by atoms with E-state index in [4.69, 9.17) is 0 Å². The predicted octanol–water partition coefficient (Wildman–Crippen LogP) is 2.14. The van der Waals surface area contributed by atoms with E-state index in [0.29, 0.717) is 7.92 Å². The van der Waals surface area contributed by atoms with Gasteiger partial charge in [0, 0.05) is 0 Å². The second-order valence-electron chi connectivity index (χ2n) is 2.06. The predicted molar refractivity (Wildman–Crippen MR) is 33.9 cm³/mol. The Bertz CT molecular complexity index is 24.9. The Balaban J connectivity index is 2.99. The van der Waals surface area contributed by atoms with Gasteiger partial charge in [-0.25, -0.2) is 0 Å². The standard InChI is InChI=1S/C5H13P/c1-5(2)6(3)4/h5H,1-4H3. The minimum Gasteiger partial charge on any atom is -0.110 e. The first-order valence-electron chi connectivity index (χ1n) is 2.31. The zero-order valence-corrected chi connectivity index (χ0v) is 5.92. The van der Waals surface area contributed by atoms with Crippen LogP contribution in [-0.4, -0.2) is 19.0 Å². The van der Waals surface area contributed by atoms with E-state index in [2.05, 4.69) is 27.2 Å². The molecule has 0 aromatic carbocycles. The zero-order valence-electron chi connectivity index (χ0n) is 5.02. The molecule has 0 nitrogen and oxygen atoms in total. The van der Waals surface area contributed by atoms with Gasteiger partial charge >= 0.3 is 0 Å². The Labute approximate surface area is 41.7 Å². The molecule has 0 saturated carbocycles. The number of rotatable bonds is 1. The third kappa shape index (κ3) is 2.66. The lowest BCUT2D eigenvalue weighted by Gasteiger charge is -2.06. The van der Waals surface area contributed by atoms with E-state index in [0.717, 1.165) is 5.66 Å². The molecular weight excluding hydrogens is 91.0 g/mol. The summed E-state index contributed by atoms with van der Waals surface area (Å²) in [6.45, 7) is 9.15. The maximum Gasteiger partial charge on any atom is -0.0271 e. The molecule has 0 radical (unpaired) electrons. The van der Waals surface area contributed by atoms with E-state index in [9.17, 15) is 0 Å². The molecule has 0 bridgehead atoms. The van der Waals surface area contributed by atoms with Crippen molar-refractivity contribution in [2.24, 2.45) is 0 Å². The van der Waals surface area contributed by atoms with Crippen LogP contribution in [0.3, 0.4) is 0 Å². The van der Waals surface area contributed by atoms with Crippen LogP contribution in [0.2, 0.25) is 0 Å². The molecule has 0 atom stereocenters. The van der Waals surface area contributed by atoms with Gasteiger partial charge in [-0.15, -0.1) is 7.92 Å². The van der Waals surface area contributed by atoms with Crippen molar-refractivity contribution in [1.29, 1.82) is 0 Å². The highest BCUT2D eigenvalue weighted by Gasteiger charge is 1.94. The quantitative estimate of drug-likeness (QED) is 0.447. The average molecular weight is 104 g/mol. The molecular formula is C5H13P. The Morgan fingerprint density at radius 2 is 1.33 bits per heavy atom. The van der Waals surface area contributed by atoms with Crippen LogP contribution >= 0.6 is 7.92 Å². The van der Waals surface area contributed by atoms with Gasteiger partial charge in [0.1, 0.15) is 0 Å². The van der Waals surface area contributed by atoms with Gasteiger partial charge in [0.05, 0.1) is 0 Å². The second-order valence-corrected chi connectivity index (χ2v) is 5.02. The molecule has 0 saturated heterocycles. The molecule has 0 aliphatic rings. The molecule has 0 unspecified atom stereocenters. The van der Waals surface area contributed by atoms with Gasteiger partial charge in [0.25, 0.3) is 0 Å². The summed E-state index contributed by atoms with van der Waals surface area (Å²) in [5.74, 6) is 0. The molecule has 0 fully saturated rings. The topological polar surface area (TPSA) is 0 Å². The van der Waals surface area contributed by atoms with Crippen molar-refractivity contribution < 1.29 is 0 Å². The molecule has 38 valence electrons.